The SMILES string of the molecule is CC(C)(C)c1cc(-c2nc(CCOc3ccc(Cn4ccnc4)cc3)co2)cc(C(C)(C)C)c1O.Cl. The zero-order valence-electron chi connectivity index (χ0n) is 21.9. The lowest BCUT2D eigenvalue weighted by molar-refractivity contribution is 0.320. The lowest BCUT2D eigenvalue weighted by Gasteiger charge is -2.27. The average Bonchev–Trinajstić information content (AvgIpc) is 3.46. The van der Waals surface area contributed by atoms with Crippen molar-refractivity contribution in [1.29, 1.82) is 0 Å². The number of aromatic nitrogens is 3. The van der Waals surface area contributed by atoms with Crippen molar-refractivity contribution in [2.75, 3.05) is 6.61 Å². The third kappa shape index (κ3) is 6.49. The van der Waals surface area contributed by atoms with Gasteiger partial charge in [-0.05, 0) is 40.7 Å². The van der Waals surface area contributed by atoms with Gasteiger partial charge in [-0.1, -0.05) is 53.7 Å². The highest BCUT2D eigenvalue weighted by molar-refractivity contribution is 5.85. The van der Waals surface area contributed by atoms with Crippen LogP contribution in [0, 0.1) is 0 Å². The Kier molecular flexibility index (Phi) is 8.19. The number of imidazole rings is 1. The Balaban J connectivity index is 0.00000361. The Hall–Kier alpha value is -3.25. The fourth-order valence-corrected chi connectivity index (χ4v) is 4.01. The second kappa shape index (κ2) is 10.8. The third-order valence-electron chi connectivity index (χ3n) is 6.00. The Morgan fingerprint density at radius 2 is 1.61 bits per heavy atom. The maximum atomic E-state index is 11.0. The Morgan fingerprint density at radius 3 is 2.17 bits per heavy atom. The number of phenols is 1. The van der Waals surface area contributed by atoms with Crippen LogP contribution < -0.4 is 4.74 Å². The van der Waals surface area contributed by atoms with Gasteiger partial charge in [-0.15, -0.1) is 12.4 Å². The zero-order chi connectivity index (χ0) is 25.2. The lowest BCUT2D eigenvalue weighted by Crippen LogP contribution is -2.17. The molecule has 192 valence electrons. The molecule has 0 saturated heterocycles. The average molecular weight is 510 g/mol. The van der Waals surface area contributed by atoms with Crippen LogP contribution in [0.5, 0.6) is 11.5 Å². The van der Waals surface area contributed by atoms with Crippen molar-refractivity contribution in [3.05, 3.63) is 83.8 Å². The van der Waals surface area contributed by atoms with Gasteiger partial charge in [0.25, 0.3) is 0 Å². The van der Waals surface area contributed by atoms with E-state index >= 15 is 0 Å². The number of benzene rings is 2. The fraction of sp³-hybridized carbons (Fsp3) is 0.379. The van der Waals surface area contributed by atoms with Gasteiger partial charge in [-0.2, -0.15) is 0 Å². The number of hydrogen-bond acceptors (Lipinski definition) is 5. The number of ether oxygens (including phenoxy) is 1. The first-order valence-electron chi connectivity index (χ1n) is 12.0. The van der Waals surface area contributed by atoms with Crippen LogP contribution in [0.15, 0.2) is 65.8 Å². The minimum Gasteiger partial charge on any atom is -0.507 e. The maximum absolute atomic E-state index is 11.0. The van der Waals surface area contributed by atoms with Crippen LogP contribution >= 0.6 is 12.4 Å². The highest BCUT2D eigenvalue weighted by Crippen LogP contribution is 2.41. The third-order valence-corrected chi connectivity index (χ3v) is 6.00. The molecule has 0 fully saturated rings. The summed E-state index contributed by atoms with van der Waals surface area (Å²) in [5.74, 6) is 1.73. The van der Waals surface area contributed by atoms with Crippen LogP contribution in [0.3, 0.4) is 0 Å². The zero-order valence-corrected chi connectivity index (χ0v) is 22.7. The number of aromatic hydroxyl groups is 1. The molecule has 0 aliphatic carbocycles. The summed E-state index contributed by atoms with van der Waals surface area (Å²) >= 11 is 0. The van der Waals surface area contributed by atoms with E-state index in [1.807, 2.05) is 41.4 Å². The van der Waals surface area contributed by atoms with Crippen LogP contribution in [0.2, 0.25) is 0 Å². The van der Waals surface area contributed by atoms with E-state index in [9.17, 15) is 5.11 Å². The molecule has 2 aromatic carbocycles. The molecule has 6 nitrogen and oxygen atoms in total. The standard InChI is InChI=1S/C29H35N3O3.ClH/c1-28(2,3)24-15-21(16-25(26(24)33)29(4,5)6)27-31-22(18-35-27)11-14-34-23-9-7-20(8-10-23)17-32-13-12-30-19-32;/h7-10,12-13,15-16,18-19,33H,11,14,17H2,1-6H3;1H. The summed E-state index contributed by atoms with van der Waals surface area (Å²) in [6, 6.07) is 12.1. The van der Waals surface area contributed by atoms with Crippen molar-refractivity contribution in [2.45, 2.75) is 65.3 Å². The number of oxazole rings is 1. The Bertz CT molecular complexity index is 1230. The molecule has 36 heavy (non-hydrogen) atoms. The largest absolute Gasteiger partial charge is 0.507 e. The van der Waals surface area contributed by atoms with Gasteiger partial charge in [-0.25, -0.2) is 9.97 Å². The van der Waals surface area contributed by atoms with E-state index in [1.54, 1.807) is 12.5 Å². The number of halogens is 1. The summed E-state index contributed by atoms with van der Waals surface area (Å²) in [6.45, 7) is 13.9. The molecular formula is C29H36ClN3O3. The molecule has 0 bridgehead atoms. The number of nitrogens with zero attached hydrogens (tertiary/aromatic N) is 3. The molecular weight excluding hydrogens is 474 g/mol. The maximum Gasteiger partial charge on any atom is 0.226 e. The first-order chi connectivity index (χ1) is 16.5. The summed E-state index contributed by atoms with van der Waals surface area (Å²) < 4.78 is 13.8. The molecule has 0 atom stereocenters. The highest BCUT2D eigenvalue weighted by atomic mass is 35.5. The van der Waals surface area contributed by atoms with Crippen LogP contribution in [0.1, 0.15) is 63.9 Å². The van der Waals surface area contributed by atoms with Crippen LogP contribution in [0.4, 0.5) is 0 Å². The summed E-state index contributed by atoms with van der Waals surface area (Å²) in [4.78, 5) is 8.78. The summed E-state index contributed by atoms with van der Waals surface area (Å²) in [5, 5.41) is 11.0. The predicted molar refractivity (Wildman–Crippen MR) is 145 cm³/mol. The topological polar surface area (TPSA) is 73.3 Å². The van der Waals surface area contributed by atoms with E-state index in [0.29, 0.717) is 24.7 Å². The minimum absolute atomic E-state index is 0. The minimum atomic E-state index is -0.211. The van der Waals surface area contributed by atoms with Gasteiger partial charge in [-0.3, -0.25) is 0 Å². The number of rotatable bonds is 7. The van der Waals surface area contributed by atoms with E-state index < -0.39 is 0 Å². The molecule has 0 saturated carbocycles. The molecule has 2 aromatic heterocycles. The number of hydrogen-bond donors (Lipinski definition) is 1. The first-order valence-corrected chi connectivity index (χ1v) is 12.0. The van der Waals surface area contributed by atoms with E-state index in [-0.39, 0.29) is 23.2 Å². The first kappa shape index (κ1) is 27.3. The van der Waals surface area contributed by atoms with Gasteiger partial charge < -0.3 is 18.8 Å². The Labute approximate surface area is 219 Å². The van der Waals surface area contributed by atoms with Crippen LogP contribution in [-0.2, 0) is 23.8 Å². The predicted octanol–water partition coefficient (Wildman–Crippen LogP) is 6.93. The van der Waals surface area contributed by atoms with Gasteiger partial charge >= 0.3 is 0 Å². The monoisotopic (exact) mass is 509 g/mol. The summed E-state index contributed by atoms with van der Waals surface area (Å²) in [5.41, 5.74) is 4.25. The smallest absolute Gasteiger partial charge is 0.226 e. The van der Waals surface area contributed by atoms with Crippen LogP contribution in [0.25, 0.3) is 11.5 Å². The summed E-state index contributed by atoms with van der Waals surface area (Å²) in [7, 11) is 0. The summed E-state index contributed by atoms with van der Waals surface area (Å²) in [6.07, 6.45) is 7.86. The van der Waals surface area contributed by atoms with Crippen molar-refractivity contribution < 1.29 is 14.3 Å². The molecule has 0 aliphatic heterocycles. The van der Waals surface area contributed by atoms with Crippen molar-refractivity contribution in [1.82, 2.24) is 14.5 Å². The lowest BCUT2D eigenvalue weighted by atomic mass is 9.78. The molecule has 0 amide bonds. The van der Waals surface area contributed by atoms with E-state index in [1.165, 1.54) is 5.56 Å². The van der Waals surface area contributed by atoms with E-state index in [0.717, 1.165) is 34.7 Å². The molecule has 0 radical (unpaired) electrons. The molecule has 4 aromatic rings. The van der Waals surface area contributed by atoms with Gasteiger partial charge in [0.2, 0.25) is 5.89 Å². The molecule has 2 heterocycles. The normalized spacial score (nSPS) is 11.8. The van der Waals surface area contributed by atoms with Crippen molar-refractivity contribution in [3.8, 4) is 23.0 Å². The van der Waals surface area contributed by atoms with Crippen molar-refractivity contribution in [2.24, 2.45) is 0 Å². The molecule has 1 N–H and O–H groups in total. The van der Waals surface area contributed by atoms with Gasteiger partial charge in [0.15, 0.2) is 0 Å². The second-order valence-corrected chi connectivity index (χ2v) is 11.0. The van der Waals surface area contributed by atoms with Crippen LogP contribution in [-0.4, -0.2) is 26.2 Å². The number of phenolic OH excluding ortho intramolecular Hbond substituents is 1. The van der Waals surface area contributed by atoms with Gasteiger partial charge in [0.1, 0.15) is 17.8 Å². The van der Waals surface area contributed by atoms with Gasteiger partial charge in [0, 0.05) is 42.0 Å². The fourth-order valence-electron chi connectivity index (χ4n) is 4.01. The Morgan fingerprint density at radius 1 is 0.972 bits per heavy atom. The molecule has 4 rings (SSSR count). The van der Waals surface area contributed by atoms with E-state index in [2.05, 4.69) is 58.7 Å². The highest BCUT2D eigenvalue weighted by Gasteiger charge is 2.27. The molecule has 0 spiro atoms. The molecule has 0 aliphatic rings. The van der Waals surface area contributed by atoms with Crippen molar-refractivity contribution in [3.63, 3.8) is 0 Å². The van der Waals surface area contributed by atoms with Crippen molar-refractivity contribution >= 4 is 12.4 Å². The second-order valence-electron chi connectivity index (χ2n) is 11.0. The molecule has 0 unspecified atom stereocenters. The quantitative estimate of drug-likeness (QED) is 0.292. The van der Waals surface area contributed by atoms with E-state index in [4.69, 9.17) is 14.1 Å². The van der Waals surface area contributed by atoms with Gasteiger partial charge in [0.05, 0.1) is 18.6 Å². The molecule has 7 heteroatoms.